The minimum absolute atomic E-state index is 0.264. The average Bonchev–Trinajstić information content (AvgIpc) is 2.11. The van der Waals surface area contributed by atoms with Crippen molar-refractivity contribution in [3.05, 3.63) is 11.1 Å². The summed E-state index contributed by atoms with van der Waals surface area (Å²) in [6.45, 7) is 7.23. The van der Waals surface area contributed by atoms with Gasteiger partial charge in [0.25, 0.3) is 0 Å². The lowest BCUT2D eigenvalue weighted by Crippen LogP contribution is -2.26. The number of likely N-dealkylation sites (N-methyl/N-ethyl adjacent to an activating group) is 1. The maximum absolute atomic E-state index is 8.63. The lowest BCUT2D eigenvalue weighted by atomic mass is 10.3. The topological polar surface area (TPSA) is 23.5 Å². The molecule has 0 aliphatic carbocycles. The molecule has 0 saturated heterocycles. The smallest absolute Gasteiger partial charge is 0.0443 e. The van der Waals surface area contributed by atoms with Crippen LogP contribution in [0.4, 0.5) is 0 Å². The van der Waals surface area contributed by atoms with Gasteiger partial charge in [0, 0.05) is 25.2 Å². The van der Waals surface area contributed by atoms with Gasteiger partial charge in [-0.05, 0) is 25.5 Å². The molecule has 72 valence electrons. The van der Waals surface area contributed by atoms with Crippen molar-refractivity contribution in [3.8, 4) is 0 Å². The second kappa shape index (κ2) is 7.59. The van der Waals surface area contributed by atoms with Crippen molar-refractivity contribution < 1.29 is 5.11 Å². The Kier molecular flexibility index (Phi) is 7.56. The quantitative estimate of drug-likeness (QED) is 0.693. The fraction of sp³-hybridized carbons (Fsp3) is 0.778. The first-order chi connectivity index (χ1) is 5.74. The first-order valence-electron chi connectivity index (χ1n) is 4.33. The molecule has 0 atom stereocenters. The van der Waals surface area contributed by atoms with E-state index in [2.05, 4.69) is 11.8 Å². The van der Waals surface area contributed by atoms with E-state index in [1.54, 1.807) is 5.54 Å². The summed E-state index contributed by atoms with van der Waals surface area (Å²) in [7, 11) is 0. The molecule has 0 fully saturated rings. The van der Waals surface area contributed by atoms with E-state index >= 15 is 0 Å². The molecule has 0 aromatic rings. The fourth-order valence-electron chi connectivity index (χ4n) is 1.03. The summed E-state index contributed by atoms with van der Waals surface area (Å²) in [4.78, 5) is 2.25. The molecule has 2 nitrogen and oxygen atoms in total. The highest BCUT2D eigenvalue weighted by Crippen LogP contribution is 2.00. The summed E-state index contributed by atoms with van der Waals surface area (Å²) in [6, 6.07) is 0. The Labute approximate surface area is 79.8 Å². The first-order valence-corrected chi connectivity index (χ1v) is 4.77. The molecule has 0 saturated carbocycles. The molecule has 3 heteroatoms. The number of rotatable bonds is 6. The molecular formula is C9H18ClNO. The highest BCUT2D eigenvalue weighted by atomic mass is 35.5. The Bertz CT molecular complexity index is 136. The zero-order valence-corrected chi connectivity index (χ0v) is 8.64. The molecule has 0 rings (SSSR count). The van der Waals surface area contributed by atoms with Crippen LogP contribution >= 0.6 is 11.6 Å². The van der Waals surface area contributed by atoms with E-state index in [-0.39, 0.29) is 6.61 Å². The summed E-state index contributed by atoms with van der Waals surface area (Å²) < 4.78 is 0. The Morgan fingerprint density at radius 3 is 2.67 bits per heavy atom. The highest BCUT2D eigenvalue weighted by molar-refractivity contribution is 6.25. The van der Waals surface area contributed by atoms with Crippen molar-refractivity contribution in [2.24, 2.45) is 0 Å². The number of aliphatic hydroxyl groups is 1. The molecule has 0 radical (unpaired) electrons. The summed E-state index contributed by atoms with van der Waals surface area (Å²) in [5.41, 5.74) is 2.78. The average molecular weight is 192 g/mol. The number of halogens is 1. The maximum atomic E-state index is 8.63. The molecule has 0 bridgehead atoms. The summed E-state index contributed by atoms with van der Waals surface area (Å²) in [5, 5.41) is 8.63. The van der Waals surface area contributed by atoms with Gasteiger partial charge in [0.1, 0.15) is 0 Å². The van der Waals surface area contributed by atoms with Crippen LogP contribution in [0.5, 0.6) is 0 Å². The van der Waals surface area contributed by atoms with Gasteiger partial charge in [0.15, 0.2) is 0 Å². The first kappa shape index (κ1) is 11.9. The van der Waals surface area contributed by atoms with Crippen LogP contribution in [0.15, 0.2) is 11.1 Å². The number of nitrogens with zero attached hydrogens (tertiary/aromatic N) is 1. The second-order valence-corrected chi connectivity index (χ2v) is 3.12. The van der Waals surface area contributed by atoms with E-state index in [0.717, 1.165) is 31.6 Å². The fourth-order valence-corrected chi connectivity index (χ4v) is 1.10. The zero-order valence-electron chi connectivity index (χ0n) is 7.89. The van der Waals surface area contributed by atoms with Crippen molar-refractivity contribution in [2.75, 3.05) is 26.2 Å². The van der Waals surface area contributed by atoms with Gasteiger partial charge in [0.05, 0.1) is 0 Å². The van der Waals surface area contributed by atoms with E-state index in [1.165, 1.54) is 0 Å². The van der Waals surface area contributed by atoms with Crippen LogP contribution in [0.25, 0.3) is 0 Å². The number of hydrogen-bond donors (Lipinski definition) is 1. The predicted octanol–water partition coefficient (Wildman–Crippen LogP) is 1.83. The Morgan fingerprint density at radius 1 is 1.58 bits per heavy atom. The Hall–Kier alpha value is -0.0500. The van der Waals surface area contributed by atoms with Gasteiger partial charge in [0.2, 0.25) is 0 Å². The molecule has 1 N–H and O–H groups in total. The van der Waals surface area contributed by atoms with Gasteiger partial charge >= 0.3 is 0 Å². The molecule has 0 unspecified atom stereocenters. The molecular weight excluding hydrogens is 174 g/mol. The minimum atomic E-state index is 0.264. The van der Waals surface area contributed by atoms with Crippen LogP contribution in [0.1, 0.15) is 20.3 Å². The minimum Gasteiger partial charge on any atom is -0.396 e. The van der Waals surface area contributed by atoms with Crippen LogP contribution in [0.3, 0.4) is 0 Å². The number of aliphatic hydroxyl groups excluding tert-OH is 1. The molecule has 0 aromatic heterocycles. The van der Waals surface area contributed by atoms with Gasteiger partial charge in [-0.3, -0.25) is 4.90 Å². The van der Waals surface area contributed by atoms with Gasteiger partial charge in [-0.15, -0.1) is 0 Å². The maximum Gasteiger partial charge on any atom is 0.0443 e. The van der Waals surface area contributed by atoms with Crippen LogP contribution in [0.2, 0.25) is 0 Å². The van der Waals surface area contributed by atoms with Crippen molar-refractivity contribution in [2.45, 2.75) is 20.3 Å². The van der Waals surface area contributed by atoms with Gasteiger partial charge in [-0.25, -0.2) is 0 Å². The third kappa shape index (κ3) is 5.58. The molecule has 0 spiro atoms. The van der Waals surface area contributed by atoms with Crippen molar-refractivity contribution in [3.63, 3.8) is 0 Å². The largest absolute Gasteiger partial charge is 0.396 e. The van der Waals surface area contributed by atoms with E-state index in [9.17, 15) is 0 Å². The number of hydrogen-bond acceptors (Lipinski definition) is 2. The van der Waals surface area contributed by atoms with Crippen LogP contribution < -0.4 is 0 Å². The van der Waals surface area contributed by atoms with E-state index < -0.39 is 0 Å². The predicted molar refractivity (Wildman–Crippen MR) is 53.4 cm³/mol. The van der Waals surface area contributed by atoms with Crippen LogP contribution in [0, 0.1) is 0 Å². The van der Waals surface area contributed by atoms with E-state index in [0.29, 0.717) is 0 Å². The van der Waals surface area contributed by atoms with Crippen molar-refractivity contribution in [1.29, 1.82) is 0 Å². The third-order valence-corrected chi connectivity index (χ3v) is 2.11. The summed E-state index contributed by atoms with van der Waals surface area (Å²) >= 11 is 5.55. The highest BCUT2D eigenvalue weighted by Gasteiger charge is 2.01. The molecule has 0 heterocycles. The SMILES string of the molecule is CCN(CCCO)CC(C)=CCl. The molecule has 12 heavy (non-hydrogen) atoms. The van der Waals surface area contributed by atoms with Crippen LogP contribution in [-0.2, 0) is 0 Å². The van der Waals surface area contributed by atoms with Gasteiger partial charge < -0.3 is 5.11 Å². The normalized spacial score (nSPS) is 12.6. The Morgan fingerprint density at radius 2 is 2.25 bits per heavy atom. The molecule has 0 aromatic carbocycles. The lowest BCUT2D eigenvalue weighted by Gasteiger charge is -2.19. The zero-order chi connectivity index (χ0) is 9.40. The van der Waals surface area contributed by atoms with Crippen molar-refractivity contribution in [1.82, 2.24) is 4.90 Å². The molecule has 0 aliphatic rings. The van der Waals surface area contributed by atoms with E-state index in [1.807, 2.05) is 6.92 Å². The van der Waals surface area contributed by atoms with Crippen LogP contribution in [-0.4, -0.2) is 36.2 Å². The third-order valence-electron chi connectivity index (χ3n) is 1.74. The van der Waals surface area contributed by atoms with Gasteiger partial charge in [-0.1, -0.05) is 18.5 Å². The summed E-state index contributed by atoms with van der Waals surface area (Å²) in [5.74, 6) is 0. The van der Waals surface area contributed by atoms with Crippen molar-refractivity contribution >= 4 is 11.6 Å². The van der Waals surface area contributed by atoms with Gasteiger partial charge in [-0.2, -0.15) is 0 Å². The lowest BCUT2D eigenvalue weighted by molar-refractivity contribution is 0.239. The molecule has 0 aliphatic heterocycles. The van der Waals surface area contributed by atoms with E-state index in [4.69, 9.17) is 16.7 Å². The summed E-state index contributed by atoms with van der Waals surface area (Å²) in [6.07, 6.45) is 0.837. The monoisotopic (exact) mass is 191 g/mol. The second-order valence-electron chi connectivity index (χ2n) is 2.90. The molecule has 0 amide bonds. The standard InChI is InChI=1S/C9H18ClNO/c1-3-11(5-4-6-12)8-9(2)7-10/h7,12H,3-6,8H2,1-2H3. The Balaban J connectivity index is 3.67.